The maximum atomic E-state index is 12.2. The normalized spacial score (nSPS) is 13.7. The average Bonchev–Trinajstić information content (AvgIpc) is 3.43. The maximum absolute atomic E-state index is 12.2. The number of likely N-dealkylation sites (tertiary alicyclic amines) is 1. The van der Waals surface area contributed by atoms with E-state index in [1.807, 2.05) is 48.2 Å². The molecule has 1 fully saturated rings. The molecular formula is C21H22N4O2S2. The van der Waals surface area contributed by atoms with Crippen LogP contribution in [0.5, 0.6) is 5.75 Å². The molecule has 6 nitrogen and oxygen atoms in total. The Labute approximate surface area is 178 Å². The third kappa shape index (κ3) is 4.59. The summed E-state index contributed by atoms with van der Waals surface area (Å²) in [5.74, 6) is 1.42. The quantitative estimate of drug-likeness (QED) is 0.548. The number of carbonyl (C=O) groups excluding carboxylic acids is 1. The molecule has 29 heavy (non-hydrogen) atoms. The minimum absolute atomic E-state index is 0.181. The number of thioether (sulfide) groups is 1. The molecule has 3 aromatic rings. The zero-order valence-corrected chi connectivity index (χ0v) is 18.1. The van der Waals surface area contributed by atoms with E-state index in [9.17, 15) is 4.79 Å². The molecular weight excluding hydrogens is 404 g/mol. The third-order valence-corrected chi connectivity index (χ3v) is 6.94. The topological polar surface area (TPSA) is 68.2 Å². The Morgan fingerprint density at radius 1 is 1.14 bits per heavy atom. The molecule has 1 aliphatic heterocycles. The third-order valence-electron chi connectivity index (χ3n) is 4.81. The number of methoxy groups -OCH3 is 1. The molecule has 1 aliphatic rings. The number of hydrogen-bond donors (Lipinski definition) is 0. The molecule has 0 N–H and O–H groups in total. The van der Waals surface area contributed by atoms with E-state index >= 15 is 0 Å². The molecule has 0 bridgehead atoms. The van der Waals surface area contributed by atoms with Gasteiger partial charge in [0.15, 0.2) is 0 Å². The van der Waals surface area contributed by atoms with Crippen LogP contribution in [0.4, 0.5) is 0 Å². The lowest BCUT2D eigenvalue weighted by molar-refractivity contribution is -0.127. The molecule has 2 aromatic heterocycles. The van der Waals surface area contributed by atoms with Crippen molar-refractivity contribution >= 4 is 29.0 Å². The van der Waals surface area contributed by atoms with Gasteiger partial charge < -0.3 is 9.64 Å². The number of nitrogens with zero attached hydrogens (tertiary/aromatic N) is 4. The standard InChI is InChI=1S/C21H22N4O2S2/c1-14-20(29-21(22-14)15-5-7-16(27-2)8-6-15)17-9-10-18(24-23-17)28-13-19(26)25-11-3-4-12-25/h5-10H,3-4,11-13H2,1-2H3. The first-order chi connectivity index (χ1) is 14.1. The van der Waals surface area contributed by atoms with Crippen LogP contribution in [-0.2, 0) is 4.79 Å². The van der Waals surface area contributed by atoms with Gasteiger partial charge in [-0.2, -0.15) is 0 Å². The van der Waals surface area contributed by atoms with Crippen LogP contribution >= 0.6 is 23.1 Å². The van der Waals surface area contributed by atoms with Gasteiger partial charge in [-0.1, -0.05) is 11.8 Å². The van der Waals surface area contributed by atoms with Gasteiger partial charge in [0.05, 0.1) is 23.4 Å². The van der Waals surface area contributed by atoms with Crippen LogP contribution < -0.4 is 4.74 Å². The molecule has 1 amide bonds. The van der Waals surface area contributed by atoms with E-state index in [1.54, 1.807) is 18.4 Å². The molecule has 3 heterocycles. The van der Waals surface area contributed by atoms with Gasteiger partial charge in [0.2, 0.25) is 5.91 Å². The van der Waals surface area contributed by atoms with Crippen molar-refractivity contribution in [3.8, 4) is 26.9 Å². The number of aromatic nitrogens is 3. The number of amides is 1. The average molecular weight is 427 g/mol. The maximum Gasteiger partial charge on any atom is 0.232 e. The van der Waals surface area contributed by atoms with E-state index in [4.69, 9.17) is 9.72 Å². The molecule has 0 unspecified atom stereocenters. The molecule has 8 heteroatoms. The highest BCUT2D eigenvalue weighted by atomic mass is 32.2. The van der Waals surface area contributed by atoms with Crippen molar-refractivity contribution in [2.24, 2.45) is 0 Å². The van der Waals surface area contributed by atoms with Crippen LogP contribution in [-0.4, -0.2) is 51.9 Å². The van der Waals surface area contributed by atoms with Crippen molar-refractivity contribution in [2.75, 3.05) is 26.0 Å². The Morgan fingerprint density at radius 3 is 2.55 bits per heavy atom. The Kier molecular flexibility index (Phi) is 6.10. The van der Waals surface area contributed by atoms with E-state index < -0.39 is 0 Å². The van der Waals surface area contributed by atoms with Gasteiger partial charge in [-0.3, -0.25) is 4.79 Å². The highest BCUT2D eigenvalue weighted by Gasteiger charge is 2.18. The van der Waals surface area contributed by atoms with Crippen molar-refractivity contribution < 1.29 is 9.53 Å². The van der Waals surface area contributed by atoms with Gasteiger partial charge in [-0.15, -0.1) is 21.5 Å². The minimum Gasteiger partial charge on any atom is -0.497 e. The van der Waals surface area contributed by atoms with Gasteiger partial charge in [-0.05, 0) is 56.2 Å². The van der Waals surface area contributed by atoms with Crippen molar-refractivity contribution in [2.45, 2.75) is 24.8 Å². The summed E-state index contributed by atoms with van der Waals surface area (Å²) < 4.78 is 5.22. The van der Waals surface area contributed by atoms with E-state index in [-0.39, 0.29) is 5.91 Å². The van der Waals surface area contributed by atoms with Crippen LogP contribution in [0.3, 0.4) is 0 Å². The summed E-state index contributed by atoms with van der Waals surface area (Å²) >= 11 is 3.04. The fourth-order valence-corrected chi connectivity index (χ4v) is 4.96. The van der Waals surface area contributed by atoms with E-state index in [0.29, 0.717) is 5.75 Å². The highest BCUT2D eigenvalue weighted by Crippen LogP contribution is 2.35. The van der Waals surface area contributed by atoms with Gasteiger partial charge in [0.1, 0.15) is 21.5 Å². The first kappa shape index (κ1) is 19.8. The smallest absolute Gasteiger partial charge is 0.232 e. The molecule has 0 spiro atoms. The second-order valence-corrected chi connectivity index (χ2v) is 8.79. The van der Waals surface area contributed by atoms with Crippen molar-refractivity contribution in [3.63, 3.8) is 0 Å². The summed E-state index contributed by atoms with van der Waals surface area (Å²) in [7, 11) is 1.66. The Balaban J connectivity index is 1.44. The van der Waals surface area contributed by atoms with Gasteiger partial charge in [0.25, 0.3) is 0 Å². The van der Waals surface area contributed by atoms with Crippen molar-refractivity contribution in [1.29, 1.82) is 0 Å². The molecule has 0 atom stereocenters. The predicted molar refractivity (Wildman–Crippen MR) is 116 cm³/mol. The monoisotopic (exact) mass is 426 g/mol. The van der Waals surface area contributed by atoms with Gasteiger partial charge in [0, 0.05) is 18.7 Å². The molecule has 1 aromatic carbocycles. The number of thiazole rings is 1. The zero-order chi connectivity index (χ0) is 20.2. The summed E-state index contributed by atoms with van der Waals surface area (Å²) in [6.07, 6.45) is 2.22. The number of ether oxygens (including phenoxy) is 1. The van der Waals surface area contributed by atoms with Crippen LogP contribution in [0.1, 0.15) is 18.5 Å². The van der Waals surface area contributed by atoms with Crippen molar-refractivity contribution in [3.05, 3.63) is 42.1 Å². The SMILES string of the molecule is COc1ccc(-c2nc(C)c(-c3ccc(SCC(=O)N4CCCC4)nn3)s2)cc1. The van der Waals surface area contributed by atoms with Gasteiger partial charge in [-0.25, -0.2) is 4.98 Å². The minimum atomic E-state index is 0.181. The summed E-state index contributed by atoms with van der Waals surface area (Å²) in [4.78, 5) is 19.8. The first-order valence-corrected chi connectivity index (χ1v) is 11.3. The Bertz CT molecular complexity index is 981. The molecule has 0 radical (unpaired) electrons. The largest absolute Gasteiger partial charge is 0.497 e. The Hall–Kier alpha value is -2.45. The van der Waals surface area contributed by atoms with E-state index in [1.165, 1.54) is 11.8 Å². The highest BCUT2D eigenvalue weighted by molar-refractivity contribution is 7.99. The van der Waals surface area contributed by atoms with Crippen LogP contribution in [0, 0.1) is 6.92 Å². The summed E-state index contributed by atoms with van der Waals surface area (Å²) in [6, 6.07) is 11.7. The van der Waals surface area contributed by atoms with Crippen molar-refractivity contribution in [1.82, 2.24) is 20.1 Å². The number of hydrogen-bond acceptors (Lipinski definition) is 7. The van der Waals surface area contributed by atoms with E-state index in [0.717, 1.165) is 63.5 Å². The van der Waals surface area contributed by atoms with Crippen LogP contribution in [0.2, 0.25) is 0 Å². The summed E-state index contributed by atoms with van der Waals surface area (Å²) in [5, 5.41) is 10.4. The molecule has 4 rings (SSSR count). The predicted octanol–water partition coefficient (Wildman–Crippen LogP) is 4.30. The molecule has 1 saturated heterocycles. The van der Waals surface area contributed by atoms with Gasteiger partial charge >= 0.3 is 0 Å². The molecule has 150 valence electrons. The second-order valence-electron chi connectivity index (χ2n) is 6.80. The lowest BCUT2D eigenvalue weighted by atomic mass is 10.2. The second kappa shape index (κ2) is 8.92. The molecule has 0 aliphatic carbocycles. The van der Waals surface area contributed by atoms with Crippen LogP contribution in [0.25, 0.3) is 21.1 Å². The number of carbonyl (C=O) groups is 1. The molecule has 0 saturated carbocycles. The lowest BCUT2D eigenvalue weighted by Crippen LogP contribution is -2.29. The zero-order valence-electron chi connectivity index (χ0n) is 16.4. The Morgan fingerprint density at radius 2 is 1.90 bits per heavy atom. The fraction of sp³-hybridized carbons (Fsp3) is 0.333. The fourth-order valence-electron chi connectivity index (χ4n) is 3.20. The number of rotatable bonds is 6. The lowest BCUT2D eigenvalue weighted by Gasteiger charge is -2.14. The summed E-state index contributed by atoms with van der Waals surface area (Å²) in [6.45, 7) is 3.74. The number of benzene rings is 1. The number of aryl methyl sites for hydroxylation is 1. The summed E-state index contributed by atoms with van der Waals surface area (Å²) in [5.41, 5.74) is 2.78. The first-order valence-electron chi connectivity index (χ1n) is 9.50. The van der Waals surface area contributed by atoms with Crippen LogP contribution in [0.15, 0.2) is 41.4 Å². The van der Waals surface area contributed by atoms with E-state index in [2.05, 4.69) is 10.2 Å².